The number of hydrogen-bond acceptors (Lipinski definition) is 2. The molecule has 22 heavy (non-hydrogen) atoms. The molecule has 4 rings (SSSR count). The first-order chi connectivity index (χ1) is 10.7. The third kappa shape index (κ3) is 2.28. The van der Waals surface area contributed by atoms with Crippen molar-refractivity contribution in [3.05, 3.63) is 41.3 Å². The van der Waals surface area contributed by atoms with Gasteiger partial charge in [-0.05, 0) is 30.5 Å². The summed E-state index contributed by atoms with van der Waals surface area (Å²) in [6, 6.07) is 6.04. The van der Waals surface area contributed by atoms with Crippen LogP contribution in [0.1, 0.15) is 50.1 Å². The van der Waals surface area contributed by atoms with Gasteiger partial charge in [-0.2, -0.15) is 0 Å². The Bertz CT molecular complexity index is 716. The fourth-order valence-corrected chi connectivity index (χ4v) is 4.11. The van der Waals surface area contributed by atoms with Gasteiger partial charge >= 0.3 is 0 Å². The summed E-state index contributed by atoms with van der Waals surface area (Å²) in [6.45, 7) is 0. The van der Waals surface area contributed by atoms with Crippen molar-refractivity contribution < 1.29 is 4.79 Å². The topological polar surface area (TPSA) is 34.9 Å². The first kappa shape index (κ1) is 14.0. The Labute approximate surface area is 135 Å². The van der Waals surface area contributed by atoms with Crippen LogP contribution in [-0.4, -0.2) is 15.3 Å². The summed E-state index contributed by atoms with van der Waals surface area (Å²) in [6.07, 6.45) is 10.1. The fourth-order valence-electron chi connectivity index (χ4n) is 3.94. The van der Waals surface area contributed by atoms with Gasteiger partial charge in [0.2, 0.25) is 0 Å². The molecule has 0 N–H and O–H groups in total. The van der Waals surface area contributed by atoms with Crippen LogP contribution >= 0.6 is 11.6 Å². The minimum Gasteiger partial charge on any atom is -0.323 e. The number of imidazole rings is 1. The molecule has 1 saturated carbocycles. The first-order valence-electron chi connectivity index (χ1n) is 8.08. The number of benzene rings is 1. The van der Waals surface area contributed by atoms with E-state index >= 15 is 0 Å². The molecule has 4 heteroatoms. The molecule has 1 fully saturated rings. The van der Waals surface area contributed by atoms with Crippen LogP contribution in [0.25, 0.3) is 11.3 Å². The van der Waals surface area contributed by atoms with Crippen LogP contribution in [0.3, 0.4) is 0 Å². The van der Waals surface area contributed by atoms with Crippen LogP contribution < -0.4 is 0 Å². The van der Waals surface area contributed by atoms with Gasteiger partial charge in [0.15, 0.2) is 0 Å². The zero-order chi connectivity index (χ0) is 15.1. The van der Waals surface area contributed by atoms with Crippen molar-refractivity contribution in [2.75, 3.05) is 0 Å². The minimum atomic E-state index is 0.0826. The predicted molar refractivity (Wildman–Crippen MR) is 87.0 cm³/mol. The second-order valence-electron chi connectivity index (χ2n) is 6.44. The smallest absolute Gasteiger partial charge is 0.138 e. The lowest BCUT2D eigenvalue weighted by Crippen LogP contribution is -2.21. The molecule has 0 radical (unpaired) electrons. The van der Waals surface area contributed by atoms with Crippen LogP contribution in [0, 0.1) is 5.92 Å². The van der Waals surface area contributed by atoms with Gasteiger partial charge in [0.1, 0.15) is 5.78 Å². The highest BCUT2D eigenvalue weighted by Gasteiger charge is 2.32. The second kappa shape index (κ2) is 5.54. The molecule has 3 nitrogen and oxygen atoms in total. The molecule has 0 amide bonds. The summed E-state index contributed by atoms with van der Waals surface area (Å²) in [5, 5.41) is 0.728. The minimum absolute atomic E-state index is 0.0826. The van der Waals surface area contributed by atoms with E-state index in [4.69, 9.17) is 11.6 Å². The van der Waals surface area contributed by atoms with Gasteiger partial charge in [0.25, 0.3) is 0 Å². The molecule has 2 aromatic rings. The van der Waals surface area contributed by atoms with E-state index in [1.165, 1.54) is 24.8 Å². The van der Waals surface area contributed by atoms with Crippen LogP contribution in [0.15, 0.2) is 30.7 Å². The van der Waals surface area contributed by atoms with Gasteiger partial charge in [0, 0.05) is 22.9 Å². The maximum atomic E-state index is 12.7. The molecule has 1 aromatic carbocycles. The molecule has 114 valence electrons. The van der Waals surface area contributed by atoms with Gasteiger partial charge in [-0.1, -0.05) is 36.9 Å². The summed E-state index contributed by atoms with van der Waals surface area (Å²) in [5.74, 6) is 0.671. The standard InChI is InChI=1S/C18H19ClN2O/c19-13-6-7-14-15(8-13)17-10-20-11-21(17)16(14)9-18(22)12-4-2-1-3-5-12/h6-8,10-12,16H,1-5,9H2. The van der Waals surface area contributed by atoms with E-state index in [1.54, 1.807) is 0 Å². The maximum Gasteiger partial charge on any atom is 0.138 e. The molecule has 1 aliphatic heterocycles. The van der Waals surface area contributed by atoms with Crippen molar-refractivity contribution in [3.63, 3.8) is 0 Å². The lowest BCUT2D eigenvalue weighted by atomic mass is 9.83. The van der Waals surface area contributed by atoms with Crippen molar-refractivity contribution in [1.29, 1.82) is 0 Å². The van der Waals surface area contributed by atoms with Crippen LogP contribution in [0.5, 0.6) is 0 Å². The normalized spacial score (nSPS) is 20.7. The van der Waals surface area contributed by atoms with Gasteiger partial charge in [-0.15, -0.1) is 0 Å². The van der Waals surface area contributed by atoms with E-state index in [2.05, 4.69) is 15.6 Å². The van der Waals surface area contributed by atoms with E-state index < -0.39 is 0 Å². The zero-order valence-corrected chi connectivity index (χ0v) is 13.2. The predicted octanol–water partition coefficient (Wildman–Crippen LogP) is 4.65. The average Bonchev–Trinajstić information content (AvgIpc) is 3.11. The Balaban J connectivity index is 1.64. The van der Waals surface area contributed by atoms with E-state index in [9.17, 15) is 4.79 Å². The third-order valence-corrected chi connectivity index (χ3v) is 5.34. The Morgan fingerprint density at radius 3 is 2.91 bits per heavy atom. The van der Waals surface area contributed by atoms with Crippen molar-refractivity contribution in [1.82, 2.24) is 9.55 Å². The number of ketones is 1. The van der Waals surface area contributed by atoms with Gasteiger partial charge in [-0.3, -0.25) is 4.79 Å². The van der Waals surface area contributed by atoms with E-state index in [0.717, 1.165) is 29.1 Å². The summed E-state index contributed by atoms with van der Waals surface area (Å²) in [5.41, 5.74) is 3.39. The Morgan fingerprint density at radius 1 is 1.27 bits per heavy atom. The van der Waals surface area contributed by atoms with E-state index in [0.29, 0.717) is 12.2 Å². The molecule has 2 heterocycles. The maximum absolute atomic E-state index is 12.7. The number of halogens is 1. The number of fused-ring (bicyclic) bond motifs is 3. The van der Waals surface area contributed by atoms with Crippen molar-refractivity contribution in [3.8, 4) is 11.3 Å². The fraction of sp³-hybridized carbons (Fsp3) is 0.444. The zero-order valence-electron chi connectivity index (χ0n) is 12.5. The highest BCUT2D eigenvalue weighted by molar-refractivity contribution is 6.30. The molecule has 2 aliphatic rings. The summed E-state index contributed by atoms with van der Waals surface area (Å²) >= 11 is 6.14. The molecular weight excluding hydrogens is 296 g/mol. The number of carbonyl (C=O) groups excluding carboxylic acids is 1. The number of hydrogen-bond donors (Lipinski definition) is 0. The number of Topliss-reactive ketones (excluding diaryl/α,β-unsaturated/α-hetero) is 1. The second-order valence-corrected chi connectivity index (χ2v) is 6.88. The molecule has 1 aliphatic carbocycles. The molecule has 1 unspecified atom stereocenters. The number of rotatable bonds is 3. The van der Waals surface area contributed by atoms with Crippen LogP contribution in [0.2, 0.25) is 5.02 Å². The SMILES string of the molecule is O=C(CC1c2ccc(Cl)cc2-c2cncn21)C1CCCCC1. The third-order valence-electron chi connectivity index (χ3n) is 5.11. The van der Waals surface area contributed by atoms with Crippen molar-refractivity contribution in [2.45, 2.75) is 44.6 Å². The summed E-state index contributed by atoms with van der Waals surface area (Å²) < 4.78 is 2.13. The first-order valence-corrected chi connectivity index (χ1v) is 8.46. The number of nitrogens with zero attached hydrogens (tertiary/aromatic N) is 2. The quantitative estimate of drug-likeness (QED) is 0.826. The van der Waals surface area contributed by atoms with Crippen LogP contribution in [-0.2, 0) is 4.79 Å². The lowest BCUT2D eigenvalue weighted by molar-refractivity contribution is -0.124. The highest BCUT2D eigenvalue weighted by atomic mass is 35.5. The number of aromatic nitrogens is 2. The Morgan fingerprint density at radius 2 is 2.09 bits per heavy atom. The van der Waals surface area contributed by atoms with E-state index in [-0.39, 0.29) is 12.0 Å². The largest absolute Gasteiger partial charge is 0.323 e. The monoisotopic (exact) mass is 314 g/mol. The molecule has 1 aromatic heterocycles. The van der Waals surface area contributed by atoms with Crippen LogP contribution in [0.4, 0.5) is 0 Å². The van der Waals surface area contributed by atoms with E-state index in [1.807, 2.05) is 24.7 Å². The summed E-state index contributed by atoms with van der Waals surface area (Å²) in [7, 11) is 0. The molecule has 0 bridgehead atoms. The Kier molecular flexibility index (Phi) is 3.53. The molecular formula is C18H19ClN2O. The molecule has 1 atom stereocenters. The average molecular weight is 315 g/mol. The summed E-state index contributed by atoms with van der Waals surface area (Å²) in [4.78, 5) is 17.0. The molecule has 0 spiro atoms. The van der Waals surface area contributed by atoms with Gasteiger partial charge < -0.3 is 4.57 Å². The molecule has 0 saturated heterocycles. The van der Waals surface area contributed by atoms with Gasteiger partial charge in [0.05, 0.1) is 24.3 Å². The Hall–Kier alpha value is -1.61. The number of carbonyl (C=O) groups is 1. The lowest BCUT2D eigenvalue weighted by Gasteiger charge is -2.22. The van der Waals surface area contributed by atoms with Crippen molar-refractivity contribution in [2.24, 2.45) is 5.92 Å². The highest BCUT2D eigenvalue weighted by Crippen LogP contribution is 2.42. The van der Waals surface area contributed by atoms with Crippen molar-refractivity contribution >= 4 is 17.4 Å². The van der Waals surface area contributed by atoms with Gasteiger partial charge in [-0.25, -0.2) is 4.98 Å².